The van der Waals surface area contributed by atoms with Crippen molar-refractivity contribution in [2.75, 3.05) is 13.6 Å². The molecule has 1 aromatic rings. The van der Waals surface area contributed by atoms with Crippen LogP contribution in [0.2, 0.25) is 0 Å². The van der Waals surface area contributed by atoms with Gasteiger partial charge in [-0.25, -0.2) is 0 Å². The van der Waals surface area contributed by atoms with Crippen LogP contribution in [0.3, 0.4) is 0 Å². The van der Waals surface area contributed by atoms with Gasteiger partial charge >= 0.3 is 0 Å². The van der Waals surface area contributed by atoms with Crippen molar-refractivity contribution in [1.82, 2.24) is 9.88 Å². The first-order valence-corrected chi connectivity index (χ1v) is 7.46. The predicted molar refractivity (Wildman–Crippen MR) is 75.9 cm³/mol. The van der Waals surface area contributed by atoms with Gasteiger partial charge in [0.1, 0.15) is 5.75 Å². The maximum absolute atomic E-state index is 9.86. The van der Waals surface area contributed by atoms with E-state index in [1.165, 1.54) is 25.7 Å². The van der Waals surface area contributed by atoms with Gasteiger partial charge < -0.3 is 10.0 Å². The van der Waals surface area contributed by atoms with E-state index in [-0.39, 0.29) is 0 Å². The van der Waals surface area contributed by atoms with Crippen LogP contribution in [-0.4, -0.2) is 28.6 Å². The van der Waals surface area contributed by atoms with E-state index >= 15 is 0 Å². The van der Waals surface area contributed by atoms with E-state index in [1.807, 2.05) is 13.0 Å². The highest BCUT2D eigenvalue weighted by Gasteiger charge is 2.39. The molecule has 3 nitrogen and oxygen atoms in total. The van der Waals surface area contributed by atoms with Gasteiger partial charge in [0.15, 0.2) is 0 Å². The smallest absolute Gasteiger partial charge is 0.138 e. The zero-order chi connectivity index (χ0) is 13.4. The van der Waals surface area contributed by atoms with E-state index in [1.54, 1.807) is 6.07 Å². The summed E-state index contributed by atoms with van der Waals surface area (Å²) >= 11 is 0. The molecule has 2 aliphatic carbocycles. The molecule has 2 fully saturated rings. The fraction of sp³-hybridized carbons (Fsp3) is 0.688. The van der Waals surface area contributed by atoms with Gasteiger partial charge in [-0.3, -0.25) is 4.98 Å². The molecule has 0 radical (unpaired) electrons. The third-order valence-corrected chi connectivity index (χ3v) is 4.94. The Morgan fingerprint density at radius 1 is 1.32 bits per heavy atom. The van der Waals surface area contributed by atoms with Crippen LogP contribution >= 0.6 is 0 Å². The molecule has 104 valence electrons. The number of rotatable bonds is 4. The predicted octanol–water partition coefficient (Wildman–Crippen LogP) is 2.96. The molecule has 1 aromatic heterocycles. The summed E-state index contributed by atoms with van der Waals surface area (Å²) in [6.45, 7) is 3.87. The van der Waals surface area contributed by atoms with E-state index in [4.69, 9.17) is 0 Å². The summed E-state index contributed by atoms with van der Waals surface area (Å²) in [5.74, 6) is 3.17. The second-order valence-electron chi connectivity index (χ2n) is 6.55. The number of nitrogens with zero attached hydrogens (tertiary/aromatic N) is 2. The van der Waals surface area contributed by atoms with Crippen molar-refractivity contribution in [2.24, 2.45) is 17.8 Å². The Hall–Kier alpha value is -1.09. The fourth-order valence-corrected chi connectivity index (χ4v) is 4.04. The van der Waals surface area contributed by atoms with Gasteiger partial charge in [-0.1, -0.05) is 6.42 Å². The molecule has 1 N–H and O–H groups in total. The van der Waals surface area contributed by atoms with Crippen LogP contribution in [0.15, 0.2) is 12.1 Å². The average Bonchev–Trinajstić information content (AvgIpc) is 2.96. The SMILES string of the molecule is Cc1ccc(O)c(CN(C)CC2CC3CCC2C3)n1. The molecule has 19 heavy (non-hydrogen) atoms. The van der Waals surface area contributed by atoms with E-state index in [0.29, 0.717) is 5.75 Å². The van der Waals surface area contributed by atoms with Gasteiger partial charge in [-0.15, -0.1) is 0 Å². The second kappa shape index (κ2) is 5.12. The number of hydrogen-bond donors (Lipinski definition) is 1. The van der Waals surface area contributed by atoms with E-state index in [2.05, 4.69) is 16.9 Å². The highest BCUT2D eigenvalue weighted by Crippen LogP contribution is 2.48. The number of pyridine rings is 1. The van der Waals surface area contributed by atoms with Crippen molar-refractivity contribution >= 4 is 0 Å². The van der Waals surface area contributed by atoms with E-state index < -0.39 is 0 Å². The molecule has 3 atom stereocenters. The summed E-state index contributed by atoms with van der Waals surface area (Å²) in [5, 5.41) is 9.86. The molecular weight excluding hydrogens is 236 g/mol. The van der Waals surface area contributed by atoms with Crippen molar-refractivity contribution in [3.05, 3.63) is 23.5 Å². The summed E-state index contributed by atoms with van der Waals surface area (Å²) in [7, 11) is 2.15. The van der Waals surface area contributed by atoms with Crippen LogP contribution in [0.5, 0.6) is 5.75 Å². The minimum absolute atomic E-state index is 0.324. The number of hydrogen-bond acceptors (Lipinski definition) is 3. The molecule has 2 saturated carbocycles. The molecule has 3 rings (SSSR count). The molecular formula is C16H24N2O. The van der Waals surface area contributed by atoms with Gasteiger partial charge in [0.2, 0.25) is 0 Å². The fourth-order valence-electron chi connectivity index (χ4n) is 4.04. The molecule has 2 bridgehead atoms. The van der Waals surface area contributed by atoms with Crippen LogP contribution < -0.4 is 0 Å². The van der Waals surface area contributed by atoms with Crippen LogP contribution in [0.25, 0.3) is 0 Å². The maximum atomic E-state index is 9.86. The zero-order valence-electron chi connectivity index (χ0n) is 12.0. The molecule has 3 heteroatoms. The minimum Gasteiger partial charge on any atom is -0.506 e. The summed E-state index contributed by atoms with van der Waals surface area (Å²) in [6, 6.07) is 3.61. The van der Waals surface area contributed by atoms with Crippen molar-refractivity contribution in [3.8, 4) is 5.75 Å². The summed E-state index contributed by atoms with van der Waals surface area (Å²) in [4.78, 5) is 6.77. The zero-order valence-corrected chi connectivity index (χ0v) is 12.0. The normalized spacial score (nSPS) is 29.3. The molecule has 0 saturated heterocycles. The van der Waals surface area contributed by atoms with Crippen molar-refractivity contribution in [3.63, 3.8) is 0 Å². The van der Waals surface area contributed by atoms with Gasteiger partial charge in [-0.2, -0.15) is 0 Å². The van der Waals surface area contributed by atoms with E-state index in [9.17, 15) is 5.11 Å². The number of fused-ring (bicyclic) bond motifs is 2. The molecule has 3 unspecified atom stereocenters. The summed E-state index contributed by atoms with van der Waals surface area (Å²) in [5.41, 5.74) is 1.78. The Labute approximate surface area is 115 Å². The summed E-state index contributed by atoms with van der Waals surface area (Å²) in [6.07, 6.45) is 5.79. The first kappa shape index (κ1) is 12.9. The van der Waals surface area contributed by atoms with E-state index in [0.717, 1.165) is 42.2 Å². The number of aryl methyl sites for hydroxylation is 1. The molecule has 1 heterocycles. The first-order chi connectivity index (χ1) is 9.11. The highest BCUT2D eigenvalue weighted by atomic mass is 16.3. The molecule has 0 amide bonds. The second-order valence-corrected chi connectivity index (χ2v) is 6.55. The Kier molecular flexibility index (Phi) is 3.48. The lowest BCUT2D eigenvalue weighted by Crippen LogP contribution is -2.28. The number of aromatic nitrogens is 1. The van der Waals surface area contributed by atoms with Gasteiger partial charge in [0.05, 0.1) is 5.69 Å². The van der Waals surface area contributed by atoms with Gasteiger partial charge in [-0.05, 0) is 63.1 Å². The topological polar surface area (TPSA) is 36.4 Å². The lowest BCUT2D eigenvalue weighted by molar-refractivity contribution is 0.211. The maximum Gasteiger partial charge on any atom is 0.138 e. The van der Waals surface area contributed by atoms with Gasteiger partial charge in [0, 0.05) is 18.8 Å². The quantitative estimate of drug-likeness (QED) is 0.904. The largest absolute Gasteiger partial charge is 0.506 e. The van der Waals surface area contributed by atoms with Crippen LogP contribution in [0.4, 0.5) is 0 Å². The monoisotopic (exact) mass is 260 g/mol. The van der Waals surface area contributed by atoms with Crippen molar-refractivity contribution < 1.29 is 5.11 Å². The highest BCUT2D eigenvalue weighted by molar-refractivity contribution is 5.27. The summed E-state index contributed by atoms with van der Waals surface area (Å²) < 4.78 is 0. The molecule has 0 aromatic carbocycles. The van der Waals surface area contributed by atoms with Crippen molar-refractivity contribution in [2.45, 2.75) is 39.2 Å². The van der Waals surface area contributed by atoms with Gasteiger partial charge in [0.25, 0.3) is 0 Å². The Morgan fingerprint density at radius 3 is 2.84 bits per heavy atom. The average molecular weight is 260 g/mol. The first-order valence-electron chi connectivity index (χ1n) is 7.46. The standard InChI is InChI=1S/C16H24N2O/c1-11-3-6-16(19)15(17-11)10-18(2)9-14-8-12-4-5-13(14)7-12/h3,6,12-14,19H,4-5,7-10H2,1-2H3. The molecule has 2 aliphatic rings. The molecule has 0 aliphatic heterocycles. The number of aromatic hydroxyl groups is 1. The molecule has 0 spiro atoms. The Morgan fingerprint density at radius 2 is 2.16 bits per heavy atom. The third-order valence-electron chi connectivity index (χ3n) is 4.94. The third kappa shape index (κ3) is 2.76. The lowest BCUT2D eigenvalue weighted by atomic mass is 9.88. The lowest BCUT2D eigenvalue weighted by Gasteiger charge is -2.27. The van der Waals surface area contributed by atoms with Crippen molar-refractivity contribution in [1.29, 1.82) is 0 Å². The van der Waals surface area contributed by atoms with Crippen LogP contribution in [-0.2, 0) is 6.54 Å². The minimum atomic E-state index is 0.324. The van der Waals surface area contributed by atoms with Crippen LogP contribution in [0.1, 0.15) is 37.1 Å². The van der Waals surface area contributed by atoms with Crippen LogP contribution in [0, 0.1) is 24.7 Å². The Balaban J connectivity index is 1.59. The Bertz CT molecular complexity index is 460.